The molecule has 4 nitrogen and oxygen atoms in total. The lowest BCUT2D eigenvalue weighted by atomic mass is 9.97. The molecule has 0 aliphatic carbocycles. The summed E-state index contributed by atoms with van der Waals surface area (Å²) in [4.78, 5) is 4.88. The van der Waals surface area contributed by atoms with Crippen LogP contribution >= 0.6 is 0 Å². The number of nitrogens with zero attached hydrogens (tertiary/aromatic N) is 3. The fourth-order valence-electron chi connectivity index (χ4n) is 6.27. The van der Waals surface area contributed by atoms with Crippen LogP contribution in [-0.2, 0) is 6.42 Å². The summed E-state index contributed by atoms with van der Waals surface area (Å²) in [7, 11) is 0. The third-order valence-corrected chi connectivity index (χ3v) is 8.78. The summed E-state index contributed by atoms with van der Waals surface area (Å²) in [6, 6.07) is 21.3. The van der Waals surface area contributed by atoms with Gasteiger partial charge in [-0.05, 0) is 36.6 Å². The van der Waals surface area contributed by atoms with E-state index in [0.717, 1.165) is 47.4 Å². The van der Waals surface area contributed by atoms with Crippen LogP contribution in [-0.4, -0.2) is 15.9 Å². The Kier molecular flexibility index (Phi) is 13.2. The highest BCUT2D eigenvalue weighted by atomic mass is 15.1. The summed E-state index contributed by atoms with van der Waals surface area (Å²) in [6.45, 7) is 5.29. The van der Waals surface area contributed by atoms with E-state index in [-0.39, 0.29) is 0 Å². The first-order valence-electron chi connectivity index (χ1n) is 16.8. The standard InChI is InChI=1S/C38H52N4/c1-3-4-5-6-7-8-9-10-11-12-13-14-15-16-17-23-28-40-37-33(29-32-24-19-18-20-25-32)31(2)34(30-39)38-41-35-26-21-22-27-36(35)42(37)38/h18-22,24-27,40H,3-17,23,28-29H2,1-2H3. The molecular weight excluding hydrogens is 512 g/mol. The van der Waals surface area contributed by atoms with Gasteiger partial charge in [0.2, 0.25) is 0 Å². The maximum atomic E-state index is 10.1. The molecule has 2 heterocycles. The summed E-state index contributed by atoms with van der Waals surface area (Å²) < 4.78 is 2.19. The van der Waals surface area contributed by atoms with Crippen LogP contribution < -0.4 is 5.32 Å². The van der Waals surface area contributed by atoms with E-state index in [4.69, 9.17) is 4.98 Å². The van der Waals surface area contributed by atoms with E-state index in [0.29, 0.717) is 5.56 Å². The van der Waals surface area contributed by atoms with E-state index in [1.54, 1.807) is 0 Å². The number of pyridine rings is 1. The zero-order chi connectivity index (χ0) is 29.4. The number of hydrogen-bond donors (Lipinski definition) is 1. The highest BCUT2D eigenvalue weighted by Crippen LogP contribution is 2.32. The summed E-state index contributed by atoms with van der Waals surface area (Å²) in [6.07, 6.45) is 22.8. The van der Waals surface area contributed by atoms with Crippen LogP contribution in [0.5, 0.6) is 0 Å². The molecule has 4 heteroatoms. The summed E-state index contributed by atoms with van der Waals surface area (Å²) in [5, 5.41) is 13.9. The van der Waals surface area contributed by atoms with Crippen LogP contribution in [0.1, 0.15) is 132 Å². The second kappa shape index (κ2) is 17.6. The molecule has 0 bridgehead atoms. The maximum Gasteiger partial charge on any atom is 0.157 e. The molecule has 1 N–H and O–H groups in total. The maximum absolute atomic E-state index is 10.1. The first kappa shape index (κ1) is 31.6. The van der Waals surface area contributed by atoms with Gasteiger partial charge in [0.1, 0.15) is 11.9 Å². The third-order valence-electron chi connectivity index (χ3n) is 8.78. The van der Waals surface area contributed by atoms with Gasteiger partial charge in [0.15, 0.2) is 5.65 Å². The van der Waals surface area contributed by atoms with E-state index in [1.807, 2.05) is 12.1 Å². The normalized spacial score (nSPS) is 11.4. The second-order valence-electron chi connectivity index (χ2n) is 12.1. The topological polar surface area (TPSA) is 53.1 Å². The van der Waals surface area contributed by atoms with Gasteiger partial charge in [-0.3, -0.25) is 4.40 Å². The molecule has 0 radical (unpaired) electrons. The lowest BCUT2D eigenvalue weighted by Gasteiger charge is -2.19. The number of hydrogen-bond acceptors (Lipinski definition) is 3. The Balaban J connectivity index is 1.26. The van der Waals surface area contributed by atoms with Crippen LogP contribution in [0.3, 0.4) is 0 Å². The Hall–Kier alpha value is -3.32. The van der Waals surface area contributed by atoms with Crippen molar-refractivity contribution in [3.05, 3.63) is 76.9 Å². The van der Waals surface area contributed by atoms with Crippen molar-refractivity contribution >= 4 is 22.5 Å². The lowest BCUT2D eigenvalue weighted by Crippen LogP contribution is -2.12. The lowest BCUT2D eigenvalue weighted by molar-refractivity contribution is 0.530. The van der Waals surface area contributed by atoms with Crippen molar-refractivity contribution in [3.8, 4) is 6.07 Å². The molecule has 2 aromatic carbocycles. The molecule has 0 unspecified atom stereocenters. The van der Waals surface area contributed by atoms with Gasteiger partial charge in [-0.15, -0.1) is 0 Å². The van der Waals surface area contributed by atoms with Gasteiger partial charge in [-0.25, -0.2) is 4.98 Å². The van der Waals surface area contributed by atoms with E-state index in [2.05, 4.69) is 72.1 Å². The first-order valence-corrected chi connectivity index (χ1v) is 16.8. The second-order valence-corrected chi connectivity index (χ2v) is 12.1. The number of nitriles is 1. The largest absolute Gasteiger partial charge is 0.371 e. The number of unbranched alkanes of at least 4 members (excludes halogenated alkanes) is 15. The van der Waals surface area contributed by atoms with Gasteiger partial charge in [0.05, 0.1) is 16.6 Å². The number of nitrogens with one attached hydrogen (secondary N) is 1. The molecule has 0 atom stereocenters. The molecule has 0 aliphatic heterocycles. The summed E-state index contributed by atoms with van der Waals surface area (Å²) >= 11 is 0. The van der Waals surface area contributed by atoms with Crippen molar-refractivity contribution in [1.82, 2.24) is 9.38 Å². The average Bonchev–Trinajstić information content (AvgIpc) is 3.39. The predicted octanol–water partition coefficient (Wildman–Crippen LogP) is 10.9. The predicted molar refractivity (Wildman–Crippen MR) is 179 cm³/mol. The van der Waals surface area contributed by atoms with Gasteiger partial charge in [0, 0.05) is 18.5 Å². The summed E-state index contributed by atoms with van der Waals surface area (Å²) in [5.41, 5.74) is 6.86. The Morgan fingerprint density at radius 2 is 1.26 bits per heavy atom. The molecule has 42 heavy (non-hydrogen) atoms. The van der Waals surface area contributed by atoms with Crippen LogP contribution in [0, 0.1) is 18.3 Å². The number of para-hydroxylation sites is 2. The smallest absolute Gasteiger partial charge is 0.157 e. The molecule has 4 rings (SSSR count). The molecule has 0 spiro atoms. The molecule has 0 fully saturated rings. The van der Waals surface area contributed by atoms with Crippen molar-refractivity contribution in [2.24, 2.45) is 0 Å². The van der Waals surface area contributed by atoms with Gasteiger partial charge in [-0.1, -0.05) is 146 Å². The van der Waals surface area contributed by atoms with Crippen LogP contribution in [0.25, 0.3) is 16.7 Å². The zero-order valence-corrected chi connectivity index (χ0v) is 26.3. The number of fused-ring (bicyclic) bond motifs is 3. The third kappa shape index (κ3) is 8.84. The van der Waals surface area contributed by atoms with Crippen molar-refractivity contribution in [3.63, 3.8) is 0 Å². The van der Waals surface area contributed by atoms with Crippen LogP contribution in [0.2, 0.25) is 0 Å². The van der Waals surface area contributed by atoms with E-state index < -0.39 is 0 Å². The number of imidazole rings is 1. The number of rotatable bonds is 20. The van der Waals surface area contributed by atoms with Gasteiger partial charge < -0.3 is 5.32 Å². The molecule has 2 aromatic heterocycles. The van der Waals surface area contributed by atoms with Gasteiger partial charge in [0.25, 0.3) is 0 Å². The SMILES string of the molecule is CCCCCCCCCCCCCCCCCCNc1c(Cc2ccccc2)c(C)c(C#N)c2nc3ccccc3n12. The fraction of sp³-hybridized carbons (Fsp3) is 0.526. The van der Waals surface area contributed by atoms with Gasteiger partial charge in [-0.2, -0.15) is 5.26 Å². The molecule has 0 saturated heterocycles. The Bertz CT molecular complexity index is 1400. The van der Waals surface area contributed by atoms with Gasteiger partial charge >= 0.3 is 0 Å². The van der Waals surface area contributed by atoms with Crippen molar-refractivity contribution in [2.45, 2.75) is 123 Å². The minimum absolute atomic E-state index is 0.671. The molecule has 224 valence electrons. The van der Waals surface area contributed by atoms with Crippen molar-refractivity contribution < 1.29 is 0 Å². The van der Waals surface area contributed by atoms with E-state index >= 15 is 0 Å². The van der Waals surface area contributed by atoms with Crippen LogP contribution in [0.15, 0.2) is 54.6 Å². The Labute approximate surface area is 254 Å². The summed E-state index contributed by atoms with van der Waals surface area (Å²) in [5.74, 6) is 1.08. The highest BCUT2D eigenvalue weighted by Gasteiger charge is 2.20. The monoisotopic (exact) mass is 564 g/mol. The molecule has 0 aliphatic rings. The van der Waals surface area contributed by atoms with Crippen LogP contribution in [0.4, 0.5) is 5.82 Å². The van der Waals surface area contributed by atoms with Crippen molar-refractivity contribution in [2.75, 3.05) is 11.9 Å². The molecule has 0 amide bonds. The molecule has 0 saturated carbocycles. The quantitative estimate of drug-likeness (QED) is 0.109. The Morgan fingerprint density at radius 1 is 0.714 bits per heavy atom. The first-order chi connectivity index (χ1) is 20.7. The highest BCUT2D eigenvalue weighted by molar-refractivity contribution is 5.86. The van der Waals surface area contributed by atoms with E-state index in [1.165, 1.54) is 107 Å². The van der Waals surface area contributed by atoms with Crippen molar-refractivity contribution in [1.29, 1.82) is 5.26 Å². The van der Waals surface area contributed by atoms with E-state index in [9.17, 15) is 5.26 Å². The Morgan fingerprint density at radius 3 is 1.86 bits per heavy atom. The number of aromatic nitrogens is 2. The molecular formula is C38H52N4. The number of benzene rings is 2. The number of anilines is 1. The zero-order valence-electron chi connectivity index (χ0n) is 26.3. The average molecular weight is 565 g/mol. The minimum atomic E-state index is 0.671. The molecule has 4 aromatic rings. The fourth-order valence-corrected chi connectivity index (χ4v) is 6.27. The minimum Gasteiger partial charge on any atom is -0.371 e.